The minimum Gasteiger partial charge on any atom is -0.383 e. The van der Waals surface area contributed by atoms with Crippen molar-refractivity contribution in [3.05, 3.63) is 63.8 Å². The van der Waals surface area contributed by atoms with E-state index in [0.29, 0.717) is 18.7 Å². The molecule has 5 rings (SSSR count). The average molecular weight is 506 g/mol. The predicted octanol–water partition coefficient (Wildman–Crippen LogP) is 1.96. The lowest BCUT2D eigenvalue weighted by atomic mass is 10.1. The number of aryl methyl sites for hydroxylation is 1. The zero-order chi connectivity index (χ0) is 25.8. The van der Waals surface area contributed by atoms with Crippen molar-refractivity contribution in [3.8, 4) is 0 Å². The second-order valence-corrected chi connectivity index (χ2v) is 9.80. The van der Waals surface area contributed by atoms with Gasteiger partial charge in [0.25, 0.3) is 11.5 Å². The van der Waals surface area contributed by atoms with Crippen LogP contribution in [0.25, 0.3) is 11.0 Å². The number of H-pyrrole nitrogens is 1. The Hall–Kier alpha value is -3.34. The minimum atomic E-state index is -0.185. The highest BCUT2D eigenvalue weighted by molar-refractivity contribution is 5.92. The lowest BCUT2D eigenvalue weighted by molar-refractivity contribution is 0.0607. The minimum absolute atomic E-state index is 0.0361. The van der Waals surface area contributed by atoms with Crippen molar-refractivity contribution in [1.29, 1.82) is 0 Å². The van der Waals surface area contributed by atoms with E-state index < -0.39 is 0 Å². The molecular formula is C27H35N7O3. The summed E-state index contributed by atoms with van der Waals surface area (Å²) in [6.07, 6.45) is 6.44. The molecule has 3 aromatic rings. The Labute approximate surface area is 216 Å². The van der Waals surface area contributed by atoms with Gasteiger partial charge in [-0.2, -0.15) is 0 Å². The summed E-state index contributed by atoms with van der Waals surface area (Å²) in [5.74, 6) is -0.185. The van der Waals surface area contributed by atoms with Crippen molar-refractivity contribution in [2.75, 3.05) is 51.3 Å². The Balaban J connectivity index is 1.14. The summed E-state index contributed by atoms with van der Waals surface area (Å²) in [6, 6.07) is 7.89. The molecule has 0 radical (unpaired) electrons. The molecule has 2 aliphatic rings. The summed E-state index contributed by atoms with van der Waals surface area (Å²) >= 11 is 0. The number of rotatable bonds is 8. The molecule has 3 aromatic heterocycles. The number of methoxy groups -OCH3 is 1. The van der Waals surface area contributed by atoms with Crippen molar-refractivity contribution < 1.29 is 9.53 Å². The molecule has 0 aliphatic carbocycles. The van der Waals surface area contributed by atoms with Crippen LogP contribution in [0.3, 0.4) is 0 Å². The molecule has 0 aromatic carbocycles. The fraction of sp³-hybridized carbons (Fsp3) is 0.481. The number of amides is 1. The van der Waals surface area contributed by atoms with Crippen LogP contribution in [-0.4, -0.2) is 83.3 Å². The monoisotopic (exact) mass is 505 g/mol. The van der Waals surface area contributed by atoms with E-state index in [4.69, 9.17) is 4.74 Å². The van der Waals surface area contributed by atoms with Crippen LogP contribution in [0.4, 0.5) is 5.69 Å². The maximum atomic E-state index is 12.7. The maximum absolute atomic E-state index is 12.7. The van der Waals surface area contributed by atoms with Gasteiger partial charge in [-0.3, -0.25) is 24.9 Å². The molecule has 37 heavy (non-hydrogen) atoms. The molecule has 5 heterocycles. The Bertz CT molecular complexity index is 1290. The van der Waals surface area contributed by atoms with Gasteiger partial charge in [0, 0.05) is 58.1 Å². The second kappa shape index (κ2) is 11.4. The number of carbonyl (C=O) groups is 1. The van der Waals surface area contributed by atoms with Crippen LogP contribution >= 0.6 is 0 Å². The van der Waals surface area contributed by atoms with Crippen molar-refractivity contribution >= 4 is 22.6 Å². The van der Waals surface area contributed by atoms with E-state index in [1.54, 1.807) is 19.4 Å². The molecule has 2 fully saturated rings. The van der Waals surface area contributed by atoms with E-state index in [2.05, 4.69) is 30.2 Å². The molecule has 0 bridgehead atoms. The van der Waals surface area contributed by atoms with E-state index in [1.165, 1.54) is 0 Å². The van der Waals surface area contributed by atoms with Crippen molar-refractivity contribution in [2.24, 2.45) is 0 Å². The third-order valence-electron chi connectivity index (χ3n) is 7.31. The van der Waals surface area contributed by atoms with Gasteiger partial charge in [0.2, 0.25) is 0 Å². The van der Waals surface area contributed by atoms with Gasteiger partial charge >= 0.3 is 0 Å². The summed E-state index contributed by atoms with van der Waals surface area (Å²) < 4.78 is 5.26. The molecule has 10 nitrogen and oxygen atoms in total. The molecule has 1 atom stereocenters. The van der Waals surface area contributed by atoms with Crippen molar-refractivity contribution in [2.45, 2.75) is 38.8 Å². The second-order valence-electron chi connectivity index (χ2n) is 9.80. The number of carbonyl (C=O) groups excluding carboxylic acids is 1. The zero-order valence-electron chi connectivity index (χ0n) is 21.6. The van der Waals surface area contributed by atoms with Gasteiger partial charge in [-0.05, 0) is 49.1 Å². The quantitative estimate of drug-likeness (QED) is 0.479. The van der Waals surface area contributed by atoms with E-state index >= 15 is 0 Å². The number of hydrogen-bond acceptors (Lipinski definition) is 8. The number of piperazine rings is 1. The number of aromatic amines is 1. The number of fused-ring (bicyclic) bond motifs is 1. The van der Waals surface area contributed by atoms with Crippen LogP contribution < -0.4 is 15.9 Å². The third kappa shape index (κ3) is 5.82. The molecular weight excluding hydrogens is 470 g/mol. The number of nitrogens with one attached hydrogen (secondary N) is 2. The number of ether oxygens (including phenoxy) is 1. The highest BCUT2D eigenvalue weighted by Crippen LogP contribution is 2.19. The van der Waals surface area contributed by atoms with E-state index in [0.717, 1.165) is 80.0 Å². The topological polar surface area (TPSA) is 107 Å². The summed E-state index contributed by atoms with van der Waals surface area (Å²) in [6.45, 7) is 7.74. The SMILES string of the molecule is CCc1cc2ncc(CN3CCN(c4ccc(C(=O)NN5CCC[C@@H]5COC)nc4)CC3)cc2[nH]c1=O. The van der Waals surface area contributed by atoms with Gasteiger partial charge in [0.1, 0.15) is 5.69 Å². The average Bonchev–Trinajstić information content (AvgIpc) is 3.35. The van der Waals surface area contributed by atoms with Crippen LogP contribution in [-0.2, 0) is 17.7 Å². The van der Waals surface area contributed by atoms with Crippen LogP contribution in [0.2, 0.25) is 0 Å². The zero-order valence-corrected chi connectivity index (χ0v) is 21.6. The molecule has 2 N–H and O–H groups in total. The molecule has 196 valence electrons. The summed E-state index contributed by atoms with van der Waals surface area (Å²) in [5.41, 5.74) is 7.84. The van der Waals surface area contributed by atoms with Gasteiger partial charge in [-0.25, -0.2) is 9.99 Å². The van der Waals surface area contributed by atoms with Crippen molar-refractivity contribution in [3.63, 3.8) is 0 Å². The molecule has 10 heteroatoms. The van der Waals surface area contributed by atoms with E-state index in [-0.39, 0.29) is 17.5 Å². The Kier molecular flexibility index (Phi) is 7.78. The number of aromatic nitrogens is 3. The summed E-state index contributed by atoms with van der Waals surface area (Å²) in [7, 11) is 1.68. The highest BCUT2D eigenvalue weighted by Gasteiger charge is 2.26. The number of hydrogen-bond donors (Lipinski definition) is 2. The Morgan fingerprint density at radius 2 is 1.97 bits per heavy atom. The first-order chi connectivity index (χ1) is 18.0. The number of hydrazine groups is 1. The van der Waals surface area contributed by atoms with Crippen LogP contribution in [0, 0.1) is 0 Å². The molecule has 0 saturated carbocycles. The molecule has 1 amide bonds. The standard InChI is InChI=1S/C27H35N7O3/c1-3-20-14-24-25(30-26(20)35)13-19(15-28-24)17-32-9-11-33(12-10-32)21-6-7-23(29-16-21)27(36)31-34-8-4-5-22(34)18-37-2/h6-7,13-16,22H,3-5,8-12,17-18H2,1-2H3,(H,30,35)(H,31,36)/t22-/m1/s1. The number of anilines is 1. The lowest BCUT2D eigenvalue weighted by Crippen LogP contribution is -2.47. The summed E-state index contributed by atoms with van der Waals surface area (Å²) in [4.78, 5) is 41.5. The fourth-order valence-corrected chi connectivity index (χ4v) is 5.18. The van der Waals surface area contributed by atoms with E-state index in [1.807, 2.05) is 36.3 Å². The highest BCUT2D eigenvalue weighted by atomic mass is 16.5. The number of pyridine rings is 3. The lowest BCUT2D eigenvalue weighted by Gasteiger charge is -2.36. The maximum Gasteiger partial charge on any atom is 0.284 e. The van der Waals surface area contributed by atoms with Crippen LogP contribution in [0.5, 0.6) is 0 Å². The fourth-order valence-electron chi connectivity index (χ4n) is 5.18. The van der Waals surface area contributed by atoms with Gasteiger partial charge < -0.3 is 14.6 Å². The third-order valence-corrected chi connectivity index (χ3v) is 7.31. The molecule has 2 saturated heterocycles. The van der Waals surface area contributed by atoms with E-state index in [9.17, 15) is 9.59 Å². The van der Waals surface area contributed by atoms with Crippen LogP contribution in [0.1, 0.15) is 41.4 Å². The first kappa shape index (κ1) is 25.3. The largest absolute Gasteiger partial charge is 0.383 e. The Morgan fingerprint density at radius 1 is 1.14 bits per heavy atom. The summed E-state index contributed by atoms with van der Waals surface area (Å²) in [5, 5.41) is 1.96. The molecule has 0 unspecified atom stereocenters. The smallest absolute Gasteiger partial charge is 0.284 e. The first-order valence-electron chi connectivity index (χ1n) is 13.0. The van der Waals surface area contributed by atoms with Gasteiger partial charge in [0.05, 0.1) is 35.6 Å². The van der Waals surface area contributed by atoms with Gasteiger partial charge in [0.15, 0.2) is 0 Å². The molecule has 0 spiro atoms. The van der Waals surface area contributed by atoms with Gasteiger partial charge in [-0.1, -0.05) is 6.92 Å². The predicted molar refractivity (Wildman–Crippen MR) is 143 cm³/mol. The number of nitrogens with zero attached hydrogens (tertiary/aromatic N) is 5. The van der Waals surface area contributed by atoms with Crippen molar-refractivity contribution in [1.82, 2.24) is 30.3 Å². The Morgan fingerprint density at radius 3 is 2.70 bits per heavy atom. The van der Waals surface area contributed by atoms with Gasteiger partial charge in [-0.15, -0.1) is 0 Å². The molecule has 2 aliphatic heterocycles. The normalized spacial score (nSPS) is 19.0. The first-order valence-corrected chi connectivity index (χ1v) is 13.0. The van der Waals surface area contributed by atoms with Crippen LogP contribution in [0.15, 0.2) is 41.5 Å².